The lowest BCUT2D eigenvalue weighted by Crippen LogP contribution is -2.22. The van der Waals surface area contributed by atoms with Crippen LogP contribution in [0.5, 0.6) is 0 Å². The summed E-state index contributed by atoms with van der Waals surface area (Å²) < 4.78 is 30.3. The molecular weight excluding hydrogens is 422 g/mol. The molecule has 4 rings (SSSR count). The Morgan fingerprint density at radius 1 is 1.09 bits per heavy atom. The predicted octanol–water partition coefficient (Wildman–Crippen LogP) is 5.87. The Morgan fingerprint density at radius 2 is 1.76 bits per heavy atom. The Bertz CT molecular complexity index is 1200. The summed E-state index contributed by atoms with van der Waals surface area (Å²) >= 11 is 0. The van der Waals surface area contributed by atoms with Crippen molar-refractivity contribution in [3.63, 3.8) is 0 Å². The molecule has 7 heteroatoms. The highest BCUT2D eigenvalue weighted by molar-refractivity contribution is 5.99. The number of halogens is 2. The molecule has 0 aliphatic carbocycles. The average Bonchev–Trinajstić information content (AvgIpc) is 3.09. The van der Waals surface area contributed by atoms with E-state index in [0.717, 1.165) is 11.3 Å². The van der Waals surface area contributed by atoms with Crippen molar-refractivity contribution in [2.24, 2.45) is 0 Å². The molecule has 1 aromatic carbocycles. The Labute approximate surface area is 192 Å². The molecule has 0 saturated heterocycles. The topological polar surface area (TPSA) is 58.1 Å². The number of carbonyl (C=O) groups is 1. The van der Waals surface area contributed by atoms with Crippen molar-refractivity contribution in [2.45, 2.75) is 52.6 Å². The number of aromatic nitrogens is 2. The number of nitrogens with one attached hydrogen (secondary N) is 1. The van der Waals surface area contributed by atoms with Crippen LogP contribution in [0.1, 0.15) is 67.8 Å². The molecule has 3 aromatic rings. The number of hydrogen-bond acceptors (Lipinski definition) is 4. The second-order valence-corrected chi connectivity index (χ2v) is 9.41. The minimum Gasteiger partial charge on any atom is -0.363 e. The smallest absolute Gasteiger partial charge is 0.254 e. The van der Waals surface area contributed by atoms with Crippen molar-refractivity contribution >= 4 is 11.7 Å². The monoisotopic (exact) mass is 450 g/mol. The van der Waals surface area contributed by atoms with Gasteiger partial charge in [-0.2, -0.15) is 0 Å². The van der Waals surface area contributed by atoms with Crippen LogP contribution in [0.15, 0.2) is 42.7 Å². The first-order valence-corrected chi connectivity index (χ1v) is 11.1. The molecule has 5 nitrogen and oxygen atoms in total. The van der Waals surface area contributed by atoms with Crippen LogP contribution in [-0.2, 0) is 12.0 Å². The Hall–Kier alpha value is -3.35. The standard InChI is InChI=1S/C26H28F2N4O/c1-6-32-14-19-18(25(32)33)8-10-30-24(19)31-15(2)17-11-20(27)23(21(28)12-17)16-7-9-29-22(13-16)26(3,4)5/h7-13,15H,6,14H2,1-5H3,(H,30,31). The SMILES string of the molecule is CCN1Cc2c(ccnc2NC(C)c2cc(F)c(-c3ccnc(C(C)(C)C)c3)c(F)c2)C1=O. The first-order valence-electron chi connectivity index (χ1n) is 11.1. The minimum atomic E-state index is -0.636. The third-order valence-corrected chi connectivity index (χ3v) is 6.04. The number of benzene rings is 1. The molecule has 3 heterocycles. The molecule has 0 radical (unpaired) electrons. The molecular formula is C26H28F2N4O. The quantitative estimate of drug-likeness (QED) is 0.528. The Morgan fingerprint density at radius 3 is 2.39 bits per heavy atom. The van der Waals surface area contributed by atoms with Crippen molar-refractivity contribution in [3.05, 3.63) is 76.7 Å². The van der Waals surface area contributed by atoms with E-state index in [1.54, 1.807) is 35.5 Å². The number of hydrogen-bond donors (Lipinski definition) is 1. The first kappa shape index (κ1) is 22.8. The average molecular weight is 451 g/mol. The maximum atomic E-state index is 15.1. The van der Waals surface area contributed by atoms with E-state index in [0.29, 0.717) is 35.6 Å². The zero-order valence-corrected chi connectivity index (χ0v) is 19.5. The second kappa shape index (κ2) is 8.54. The third kappa shape index (κ3) is 4.32. The summed E-state index contributed by atoms with van der Waals surface area (Å²) in [5, 5.41) is 3.23. The summed E-state index contributed by atoms with van der Waals surface area (Å²) in [7, 11) is 0. The summed E-state index contributed by atoms with van der Waals surface area (Å²) in [4.78, 5) is 22.9. The molecule has 0 spiro atoms. The lowest BCUT2D eigenvalue weighted by Gasteiger charge is -2.20. The van der Waals surface area contributed by atoms with Gasteiger partial charge < -0.3 is 10.2 Å². The van der Waals surface area contributed by atoms with E-state index >= 15 is 8.78 Å². The summed E-state index contributed by atoms with van der Waals surface area (Å²) in [5.41, 5.74) is 2.79. The van der Waals surface area contributed by atoms with E-state index in [4.69, 9.17) is 0 Å². The van der Waals surface area contributed by atoms with Crippen LogP contribution in [0.2, 0.25) is 0 Å². The van der Waals surface area contributed by atoms with Gasteiger partial charge in [0, 0.05) is 41.2 Å². The van der Waals surface area contributed by atoms with Crippen LogP contribution in [-0.4, -0.2) is 27.3 Å². The van der Waals surface area contributed by atoms with Crippen LogP contribution >= 0.6 is 0 Å². The van der Waals surface area contributed by atoms with Gasteiger partial charge in [0.05, 0.1) is 18.2 Å². The van der Waals surface area contributed by atoms with Crippen LogP contribution in [0.3, 0.4) is 0 Å². The summed E-state index contributed by atoms with van der Waals surface area (Å²) in [6.45, 7) is 10.8. The fourth-order valence-electron chi connectivity index (χ4n) is 4.07. The molecule has 33 heavy (non-hydrogen) atoms. The highest BCUT2D eigenvalue weighted by Gasteiger charge is 2.29. The lowest BCUT2D eigenvalue weighted by molar-refractivity contribution is 0.0787. The highest BCUT2D eigenvalue weighted by atomic mass is 19.1. The summed E-state index contributed by atoms with van der Waals surface area (Å²) in [5.74, 6) is -0.747. The van der Waals surface area contributed by atoms with E-state index in [1.807, 2.05) is 34.6 Å². The second-order valence-electron chi connectivity index (χ2n) is 9.41. The normalized spacial score (nSPS) is 14.4. The van der Waals surface area contributed by atoms with Gasteiger partial charge in [0.2, 0.25) is 0 Å². The minimum absolute atomic E-state index is 0.0287. The summed E-state index contributed by atoms with van der Waals surface area (Å²) in [6.07, 6.45) is 3.15. The number of fused-ring (bicyclic) bond motifs is 1. The van der Waals surface area contributed by atoms with Crippen molar-refractivity contribution in [2.75, 3.05) is 11.9 Å². The largest absolute Gasteiger partial charge is 0.363 e. The van der Waals surface area contributed by atoms with Gasteiger partial charge in [-0.25, -0.2) is 13.8 Å². The molecule has 1 aliphatic heterocycles. The van der Waals surface area contributed by atoms with Gasteiger partial charge in [0.25, 0.3) is 5.91 Å². The molecule has 1 aliphatic rings. The van der Waals surface area contributed by atoms with E-state index < -0.39 is 17.7 Å². The van der Waals surface area contributed by atoms with Gasteiger partial charge >= 0.3 is 0 Å². The highest BCUT2D eigenvalue weighted by Crippen LogP contribution is 2.33. The number of amides is 1. The first-order chi connectivity index (χ1) is 15.6. The van der Waals surface area contributed by atoms with Gasteiger partial charge in [0.1, 0.15) is 17.5 Å². The molecule has 2 aromatic heterocycles. The fourth-order valence-corrected chi connectivity index (χ4v) is 4.07. The van der Waals surface area contributed by atoms with Crippen LogP contribution in [0.25, 0.3) is 11.1 Å². The van der Waals surface area contributed by atoms with Crippen molar-refractivity contribution in [3.8, 4) is 11.1 Å². The number of carbonyl (C=O) groups excluding carboxylic acids is 1. The molecule has 1 N–H and O–H groups in total. The zero-order chi connectivity index (χ0) is 23.9. The molecule has 1 atom stereocenters. The van der Waals surface area contributed by atoms with E-state index in [1.165, 1.54) is 12.1 Å². The Balaban J connectivity index is 1.63. The van der Waals surface area contributed by atoms with E-state index in [2.05, 4.69) is 15.3 Å². The predicted molar refractivity (Wildman–Crippen MR) is 125 cm³/mol. The van der Waals surface area contributed by atoms with Gasteiger partial charge in [-0.3, -0.25) is 9.78 Å². The molecule has 1 amide bonds. The summed E-state index contributed by atoms with van der Waals surface area (Å²) in [6, 6.07) is 7.33. The van der Waals surface area contributed by atoms with Gasteiger partial charge in [-0.05, 0) is 55.3 Å². The maximum absolute atomic E-state index is 15.1. The molecule has 172 valence electrons. The number of anilines is 1. The molecule has 1 unspecified atom stereocenters. The third-order valence-electron chi connectivity index (χ3n) is 6.04. The molecule has 0 bridgehead atoms. The molecule has 0 fully saturated rings. The number of nitrogens with zero attached hydrogens (tertiary/aromatic N) is 3. The Kier molecular flexibility index (Phi) is 5.91. The van der Waals surface area contributed by atoms with Gasteiger partial charge in [-0.15, -0.1) is 0 Å². The number of rotatable bonds is 5. The maximum Gasteiger partial charge on any atom is 0.254 e. The number of pyridine rings is 2. The van der Waals surface area contributed by atoms with Crippen molar-refractivity contribution in [1.29, 1.82) is 0 Å². The van der Waals surface area contributed by atoms with Crippen molar-refractivity contribution in [1.82, 2.24) is 14.9 Å². The fraction of sp³-hybridized carbons (Fsp3) is 0.346. The van der Waals surface area contributed by atoms with Crippen LogP contribution < -0.4 is 5.32 Å². The van der Waals surface area contributed by atoms with Gasteiger partial charge in [0.15, 0.2) is 0 Å². The van der Waals surface area contributed by atoms with Crippen LogP contribution in [0.4, 0.5) is 14.6 Å². The zero-order valence-electron chi connectivity index (χ0n) is 19.5. The van der Waals surface area contributed by atoms with Crippen LogP contribution in [0, 0.1) is 11.6 Å². The van der Waals surface area contributed by atoms with E-state index in [9.17, 15) is 4.79 Å². The van der Waals surface area contributed by atoms with Gasteiger partial charge in [-0.1, -0.05) is 20.8 Å². The molecule has 0 saturated carbocycles. The van der Waals surface area contributed by atoms with E-state index in [-0.39, 0.29) is 16.9 Å². The van der Waals surface area contributed by atoms with Crippen molar-refractivity contribution < 1.29 is 13.6 Å². The lowest BCUT2D eigenvalue weighted by atomic mass is 9.89.